The fourth-order valence-corrected chi connectivity index (χ4v) is 0.656. The topological polar surface area (TPSA) is 49.7 Å². The molecule has 0 saturated carbocycles. The van der Waals surface area contributed by atoms with Gasteiger partial charge >= 0.3 is 0 Å². The van der Waals surface area contributed by atoms with E-state index in [4.69, 9.17) is 14.9 Å². The van der Waals surface area contributed by atoms with Crippen molar-refractivity contribution >= 4 is 25.3 Å². The Morgan fingerprint density at radius 3 is 1.64 bits per heavy atom. The maximum Gasteiger partial charge on any atom is 0.0605 e. The van der Waals surface area contributed by atoms with Crippen LogP contribution in [0.5, 0.6) is 0 Å². The van der Waals surface area contributed by atoms with Gasteiger partial charge < -0.3 is 14.9 Å². The minimum atomic E-state index is -0.144. The summed E-state index contributed by atoms with van der Waals surface area (Å²) >= 11 is 8.00. The van der Waals surface area contributed by atoms with E-state index < -0.39 is 0 Å². The number of rotatable bonds is 6. The van der Waals surface area contributed by atoms with Gasteiger partial charge in [-0.1, -0.05) is 0 Å². The SMILES string of the molecule is OCC(S)COCC(S)CO. The monoisotopic (exact) mass is 198 g/mol. The quantitative estimate of drug-likeness (QED) is 0.439. The molecule has 0 saturated heterocycles. The maximum absolute atomic E-state index is 8.53. The van der Waals surface area contributed by atoms with Crippen LogP contribution in [-0.2, 0) is 4.74 Å². The van der Waals surface area contributed by atoms with Gasteiger partial charge in [-0.05, 0) is 0 Å². The summed E-state index contributed by atoms with van der Waals surface area (Å²) in [6.07, 6.45) is 0. The first-order valence-corrected chi connectivity index (χ1v) is 4.39. The van der Waals surface area contributed by atoms with Gasteiger partial charge in [-0.3, -0.25) is 0 Å². The third-order valence-electron chi connectivity index (χ3n) is 1.04. The largest absolute Gasteiger partial charge is 0.395 e. The zero-order chi connectivity index (χ0) is 8.69. The highest BCUT2D eigenvalue weighted by Crippen LogP contribution is 1.98. The Balaban J connectivity index is 3.13. The number of ether oxygens (including phenoxy) is 1. The van der Waals surface area contributed by atoms with Crippen LogP contribution in [0.4, 0.5) is 0 Å². The molecule has 0 aliphatic rings. The highest BCUT2D eigenvalue weighted by atomic mass is 32.1. The van der Waals surface area contributed by atoms with E-state index in [1.807, 2.05) is 0 Å². The molecule has 3 nitrogen and oxygen atoms in total. The fourth-order valence-electron chi connectivity index (χ4n) is 0.446. The standard InChI is InChI=1S/C6H14O3S2/c7-1-5(10)3-9-4-6(11)2-8/h5-8,10-11H,1-4H2. The Hall–Kier alpha value is 0.580. The van der Waals surface area contributed by atoms with Gasteiger partial charge in [0.2, 0.25) is 0 Å². The highest BCUT2D eigenvalue weighted by molar-refractivity contribution is 7.81. The van der Waals surface area contributed by atoms with Crippen molar-refractivity contribution in [1.82, 2.24) is 0 Å². The molecule has 0 fully saturated rings. The van der Waals surface area contributed by atoms with Crippen molar-refractivity contribution in [3.63, 3.8) is 0 Å². The van der Waals surface area contributed by atoms with Gasteiger partial charge in [0.25, 0.3) is 0 Å². The third-order valence-corrected chi connectivity index (χ3v) is 1.67. The van der Waals surface area contributed by atoms with Crippen LogP contribution in [-0.4, -0.2) is 47.1 Å². The van der Waals surface area contributed by atoms with Crippen LogP contribution in [0.15, 0.2) is 0 Å². The van der Waals surface area contributed by atoms with E-state index in [0.717, 1.165) is 0 Å². The van der Waals surface area contributed by atoms with Crippen LogP contribution in [0, 0.1) is 0 Å². The molecular formula is C6H14O3S2. The third kappa shape index (κ3) is 6.96. The maximum atomic E-state index is 8.53. The Morgan fingerprint density at radius 1 is 1.00 bits per heavy atom. The van der Waals surface area contributed by atoms with E-state index in [2.05, 4.69) is 25.3 Å². The molecule has 0 radical (unpaired) electrons. The van der Waals surface area contributed by atoms with Crippen molar-refractivity contribution in [3.8, 4) is 0 Å². The zero-order valence-electron chi connectivity index (χ0n) is 6.18. The Kier molecular flexibility index (Phi) is 7.62. The van der Waals surface area contributed by atoms with Gasteiger partial charge in [-0.25, -0.2) is 0 Å². The van der Waals surface area contributed by atoms with E-state index in [0.29, 0.717) is 13.2 Å². The minimum absolute atomic E-state index is 0.000522. The van der Waals surface area contributed by atoms with Crippen molar-refractivity contribution < 1.29 is 14.9 Å². The van der Waals surface area contributed by atoms with Crippen LogP contribution in [0.3, 0.4) is 0 Å². The van der Waals surface area contributed by atoms with E-state index >= 15 is 0 Å². The molecule has 0 aliphatic heterocycles. The lowest BCUT2D eigenvalue weighted by Gasteiger charge is -2.10. The average Bonchev–Trinajstić information content (AvgIpc) is 2.04. The lowest BCUT2D eigenvalue weighted by molar-refractivity contribution is 0.110. The summed E-state index contributed by atoms with van der Waals surface area (Å²) in [6.45, 7) is 0.770. The minimum Gasteiger partial charge on any atom is -0.395 e. The second-order valence-corrected chi connectivity index (χ2v) is 3.67. The molecule has 68 valence electrons. The van der Waals surface area contributed by atoms with E-state index in [-0.39, 0.29) is 23.7 Å². The molecule has 2 N–H and O–H groups in total. The smallest absolute Gasteiger partial charge is 0.0605 e. The molecule has 0 amide bonds. The van der Waals surface area contributed by atoms with Crippen LogP contribution in [0.1, 0.15) is 0 Å². The molecule has 11 heavy (non-hydrogen) atoms. The van der Waals surface area contributed by atoms with Gasteiger partial charge in [0.05, 0.1) is 26.4 Å². The first kappa shape index (κ1) is 11.6. The predicted molar refractivity (Wildman–Crippen MR) is 50.5 cm³/mol. The van der Waals surface area contributed by atoms with Crippen molar-refractivity contribution in [2.45, 2.75) is 10.5 Å². The molecule has 0 aromatic rings. The molecule has 2 atom stereocenters. The summed E-state index contributed by atoms with van der Waals surface area (Å²) in [5.74, 6) is 0. The van der Waals surface area contributed by atoms with Gasteiger partial charge in [-0.15, -0.1) is 0 Å². The molecule has 0 bridgehead atoms. The average molecular weight is 198 g/mol. The molecule has 0 aromatic heterocycles. The molecule has 5 heteroatoms. The van der Waals surface area contributed by atoms with E-state index in [9.17, 15) is 0 Å². The van der Waals surface area contributed by atoms with Gasteiger partial charge in [0, 0.05) is 10.5 Å². The highest BCUT2D eigenvalue weighted by Gasteiger charge is 2.03. The van der Waals surface area contributed by atoms with Gasteiger partial charge in [-0.2, -0.15) is 25.3 Å². The molecule has 2 unspecified atom stereocenters. The van der Waals surface area contributed by atoms with Crippen LogP contribution < -0.4 is 0 Å². The molecule has 0 rings (SSSR count). The van der Waals surface area contributed by atoms with E-state index in [1.54, 1.807) is 0 Å². The lowest BCUT2D eigenvalue weighted by atomic mass is 10.4. The van der Waals surface area contributed by atoms with E-state index in [1.165, 1.54) is 0 Å². The molecule has 0 spiro atoms. The lowest BCUT2D eigenvalue weighted by Crippen LogP contribution is -2.19. The second kappa shape index (κ2) is 7.24. The van der Waals surface area contributed by atoms with Crippen LogP contribution in [0.2, 0.25) is 0 Å². The number of thiol groups is 2. The summed E-state index contributed by atoms with van der Waals surface area (Å²) in [7, 11) is 0. The first-order chi connectivity index (χ1) is 5.20. The molecular weight excluding hydrogens is 184 g/mol. The second-order valence-electron chi connectivity index (χ2n) is 2.21. The van der Waals surface area contributed by atoms with Crippen molar-refractivity contribution in [3.05, 3.63) is 0 Å². The fraction of sp³-hybridized carbons (Fsp3) is 1.00. The molecule has 0 heterocycles. The Bertz CT molecular complexity index is 81.9. The summed E-state index contributed by atoms with van der Waals surface area (Å²) in [5, 5.41) is 16.8. The predicted octanol–water partition coefficient (Wildman–Crippen LogP) is -0.416. The Morgan fingerprint density at radius 2 is 1.36 bits per heavy atom. The molecule has 0 aliphatic carbocycles. The van der Waals surface area contributed by atoms with Crippen molar-refractivity contribution in [2.24, 2.45) is 0 Å². The number of aliphatic hydroxyl groups is 2. The summed E-state index contributed by atoms with van der Waals surface area (Å²) < 4.78 is 5.07. The number of aliphatic hydroxyl groups excluding tert-OH is 2. The zero-order valence-corrected chi connectivity index (χ0v) is 7.97. The first-order valence-electron chi connectivity index (χ1n) is 3.36. The summed E-state index contributed by atoms with van der Waals surface area (Å²) in [4.78, 5) is 0. The summed E-state index contributed by atoms with van der Waals surface area (Å²) in [5.41, 5.74) is 0. The van der Waals surface area contributed by atoms with Crippen molar-refractivity contribution in [2.75, 3.05) is 26.4 Å². The van der Waals surface area contributed by atoms with Gasteiger partial charge in [0.1, 0.15) is 0 Å². The van der Waals surface area contributed by atoms with Crippen molar-refractivity contribution in [1.29, 1.82) is 0 Å². The van der Waals surface area contributed by atoms with Crippen LogP contribution >= 0.6 is 25.3 Å². The van der Waals surface area contributed by atoms with Crippen LogP contribution in [0.25, 0.3) is 0 Å². The van der Waals surface area contributed by atoms with Gasteiger partial charge in [0.15, 0.2) is 0 Å². The number of hydrogen-bond donors (Lipinski definition) is 4. The number of hydrogen-bond acceptors (Lipinski definition) is 5. The Labute approximate surface area is 77.6 Å². The summed E-state index contributed by atoms with van der Waals surface area (Å²) in [6, 6.07) is 0. The normalized spacial score (nSPS) is 16.4. The molecule has 0 aromatic carbocycles.